The van der Waals surface area contributed by atoms with Crippen LogP contribution in [0.5, 0.6) is 5.75 Å². The van der Waals surface area contributed by atoms with Crippen LogP contribution in [0.15, 0.2) is 48.5 Å². The van der Waals surface area contributed by atoms with Gasteiger partial charge in [-0.2, -0.15) is 0 Å². The van der Waals surface area contributed by atoms with Gasteiger partial charge in [0.15, 0.2) is 11.8 Å². The largest absolute Gasteiger partial charge is 0.506 e. The Morgan fingerprint density at radius 1 is 1.09 bits per heavy atom. The average molecular weight is 437 g/mol. The highest BCUT2D eigenvalue weighted by Crippen LogP contribution is 2.28. The Morgan fingerprint density at radius 2 is 1.75 bits per heavy atom. The third-order valence-corrected chi connectivity index (χ3v) is 5.19. The van der Waals surface area contributed by atoms with Gasteiger partial charge in [-0.25, -0.2) is 9.69 Å². The van der Waals surface area contributed by atoms with Gasteiger partial charge in [0.2, 0.25) is 0 Å². The van der Waals surface area contributed by atoms with Crippen LogP contribution in [0.25, 0.3) is 0 Å². The number of aryl methyl sites for hydroxylation is 1. The first-order valence-corrected chi connectivity index (χ1v) is 10.3. The van der Waals surface area contributed by atoms with Gasteiger partial charge >= 0.3 is 6.03 Å². The van der Waals surface area contributed by atoms with Crippen LogP contribution in [0, 0.1) is 12.3 Å². The summed E-state index contributed by atoms with van der Waals surface area (Å²) in [5.74, 6) is -2.24. The monoisotopic (exact) mass is 437 g/mol. The molecule has 8 nitrogen and oxygen atoms in total. The Labute approximate surface area is 186 Å². The van der Waals surface area contributed by atoms with Gasteiger partial charge in [0, 0.05) is 12.0 Å². The van der Waals surface area contributed by atoms with Crippen molar-refractivity contribution < 1.29 is 24.3 Å². The van der Waals surface area contributed by atoms with Gasteiger partial charge in [-0.3, -0.25) is 14.4 Å². The van der Waals surface area contributed by atoms with Crippen LogP contribution in [-0.2, 0) is 20.9 Å². The summed E-state index contributed by atoms with van der Waals surface area (Å²) in [6.07, 6.45) is 0. The molecule has 1 saturated heterocycles. The number of carbonyl (C=O) groups excluding carboxylic acids is 4. The van der Waals surface area contributed by atoms with Crippen LogP contribution in [0.1, 0.15) is 31.9 Å². The standard InChI is InChI=1S/C24H27N3O5/c1-15-10-11-18(28)17(12-15)25-22(31)20(21(30)24(2,3)4)27-19(29)14-26(23(27)32)13-16-8-6-5-7-9-16/h5-12,20,28H,13-14H2,1-4H3,(H,25,31). The number of nitrogens with one attached hydrogen (secondary N) is 1. The van der Waals surface area contributed by atoms with Crippen LogP contribution in [-0.4, -0.2) is 51.1 Å². The molecule has 2 aromatic carbocycles. The zero-order valence-electron chi connectivity index (χ0n) is 18.6. The van der Waals surface area contributed by atoms with E-state index in [9.17, 15) is 24.3 Å². The minimum atomic E-state index is -1.66. The zero-order valence-corrected chi connectivity index (χ0v) is 18.6. The fourth-order valence-electron chi connectivity index (χ4n) is 3.46. The van der Waals surface area contributed by atoms with Gasteiger partial charge in [-0.15, -0.1) is 0 Å². The molecule has 0 bridgehead atoms. The van der Waals surface area contributed by atoms with Crippen LogP contribution >= 0.6 is 0 Å². The molecule has 8 heteroatoms. The molecule has 1 unspecified atom stereocenters. The number of aromatic hydroxyl groups is 1. The van der Waals surface area contributed by atoms with E-state index in [0.717, 1.165) is 16.0 Å². The Kier molecular flexibility index (Phi) is 6.34. The second-order valence-electron chi connectivity index (χ2n) is 8.91. The first kappa shape index (κ1) is 23.0. The quantitative estimate of drug-likeness (QED) is 0.410. The summed E-state index contributed by atoms with van der Waals surface area (Å²) < 4.78 is 0. The SMILES string of the molecule is Cc1ccc(O)c(NC(=O)C(C(=O)C(C)(C)C)N2C(=O)CN(Cc3ccccc3)C2=O)c1. The number of rotatable bonds is 6. The van der Waals surface area contributed by atoms with Crippen molar-refractivity contribution in [2.75, 3.05) is 11.9 Å². The fourth-order valence-corrected chi connectivity index (χ4v) is 3.46. The summed E-state index contributed by atoms with van der Waals surface area (Å²) in [7, 11) is 0. The first-order valence-electron chi connectivity index (χ1n) is 10.3. The van der Waals surface area contributed by atoms with Crippen LogP contribution < -0.4 is 5.32 Å². The van der Waals surface area contributed by atoms with E-state index in [4.69, 9.17) is 0 Å². The van der Waals surface area contributed by atoms with Gasteiger partial charge in [-0.05, 0) is 30.2 Å². The van der Waals surface area contributed by atoms with Crippen LogP contribution in [0.4, 0.5) is 10.5 Å². The van der Waals surface area contributed by atoms with E-state index in [0.29, 0.717) is 0 Å². The summed E-state index contributed by atoms with van der Waals surface area (Å²) in [5, 5.41) is 12.6. The molecule has 1 atom stereocenters. The second kappa shape index (κ2) is 8.82. The number of urea groups is 1. The van der Waals surface area contributed by atoms with Crippen molar-refractivity contribution in [2.45, 2.75) is 40.3 Å². The molecule has 0 spiro atoms. The molecule has 0 aromatic heterocycles. The molecule has 0 saturated carbocycles. The summed E-state index contributed by atoms with van der Waals surface area (Å²) in [5.41, 5.74) is 0.703. The number of benzene rings is 2. The number of hydrogen-bond donors (Lipinski definition) is 2. The predicted molar refractivity (Wildman–Crippen MR) is 119 cm³/mol. The molecule has 1 fully saturated rings. The van der Waals surface area contributed by atoms with E-state index in [2.05, 4.69) is 5.32 Å². The van der Waals surface area contributed by atoms with E-state index >= 15 is 0 Å². The predicted octanol–water partition coefficient (Wildman–Crippen LogP) is 3.09. The van der Waals surface area contributed by atoms with Crippen molar-refractivity contribution in [3.05, 3.63) is 59.7 Å². The maximum Gasteiger partial charge on any atom is 0.328 e. The number of nitrogens with zero attached hydrogens (tertiary/aromatic N) is 2. The van der Waals surface area contributed by atoms with Crippen molar-refractivity contribution in [2.24, 2.45) is 5.41 Å². The molecular formula is C24H27N3O5. The second-order valence-corrected chi connectivity index (χ2v) is 8.91. The topological polar surface area (TPSA) is 107 Å². The highest BCUT2D eigenvalue weighted by molar-refractivity contribution is 6.19. The molecule has 32 heavy (non-hydrogen) atoms. The third kappa shape index (κ3) is 4.80. The number of phenols is 1. The van der Waals surface area contributed by atoms with Gasteiger partial charge in [0.25, 0.3) is 11.8 Å². The molecule has 168 valence electrons. The molecule has 3 rings (SSSR count). The minimum Gasteiger partial charge on any atom is -0.506 e. The lowest BCUT2D eigenvalue weighted by molar-refractivity contribution is -0.143. The first-order chi connectivity index (χ1) is 15.0. The number of anilines is 1. The maximum absolute atomic E-state index is 13.2. The van der Waals surface area contributed by atoms with Gasteiger partial charge in [-0.1, -0.05) is 57.2 Å². The lowest BCUT2D eigenvalue weighted by Gasteiger charge is -2.29. The van der Waals surface area contributed by atoms with Crippen molar-refractivity contribution in [1.82, 2.24) is 9.80 Å². The highest BCUT2D eigenvalue weighted by Gasteiger charge is 2.49. The lowest BCUT2D eigenvalue weighted by Crippen LogP contribution is -2.55. The van der Waals surface area contributed by atoms with E-state index < -0.39 is 35.1 Å². The molecule has 0 radical (unpaired) electrons. The molecule has 2 N–H and O–H groups in total. The number of carbonyl (C=O) groups is 4. The molecule has 0 aliphatic carbocycles. The number of Topliss-reactive ketones (excluding diaryl/α,β-unsaturated/α-hetero) is 1. The van der Waals surface area contributed by atoms with E-state index in [1.165, 1.54) is 11.0 Å². The van der Waals surface area contributed by atoms with E-state index in [1.54, 1.807) is 39.8 Å². The summed E-state index contributed by atoms with van der Waals surface area (Å²) in [6, 6.07) is 11.4. The zero-order chi connectivity index (χ0) is 23.6. The number of ketones is 1. The number of imide groups is 1. The van der Waals surface area contributed by atoms with Gasteiger partial charge in [0.05, 0.1) is 5.69 Å². The van der Waals surface area contributed by atoms with E-state index in [-0.39, 0.29) is 24.5 Å². The third-order valence-electron chi connectivity index (χ3n) is 5.19. The van der Waals surface area contributed by atoms with Crippen molar-refractivity contribution in [1.29, 1.82) is 0 Å². The highest BCUT2D eigenvalue weighted by atomic mass is 16.3. The average Bonchev–Trinajstić information content (AvgIpc) is 2.99. The Morgan fingerprint density at radius 3 is 2.38 bits per heavy atom. The normalized spacial score (nSPS) is 15.1. The smallest absolute Gasteiger partial charge is 0.328 e. The fraction of sp³-hybridized carbons (Fsp3) is 0.333. The number of amides is 4. The van der Waals surface area contributed by atoms with Crippen LogP contribution in [0.3, 0.4) is 0 Å². The maximum atomic E-state index is 13.2. The lowest BCUT2D eigenvalue weighted by atomic mass is 9.85. The molecule has 1 heterocycles. The Bertz CT molecular complexity index is 1060. The van der Waals surface area contributed by atoms with Gasteiger partial charge < -0.3 is 15.3 Å². The Balaban J connectivity index is 1.92. The summed E-state index contributed by atoms with van der Waals surface area (Å²) >= 11 is 0. The van der Waals surface area contributed by atoms with Crippen molar-refractivity contribution in [3.8, 4) is 5.75 Å². The van der Waals surface area contributed by atoms with Crippen LogP contribution in [0.2, 0.25) is 0 Å². The molecule has 1 aliphatic rings. The summed E-state index contributed by atoms with van der Waals surface area (Å²) in [6.45, 7) is 6.58. The molecule has 2 aromatic rings. The van der Waals surface area contributed by atoms with Crippen molar-refractivity contribution in [3.63, 3.8) is 0 Å². The molecule has 1 aliphatic heterocycles. The van der Waals surface area contributed by atoms with E-state index in [1.807, 2.05) is 30.3 Å². The van der Waals surface area contributed by atoms with Gasteiger partial charge in [0.1, 0.15) is 12.3 Å². The Hall–Kier alpha value is -3.68. The van der Waals surface area contributed by atoms with Crippen molar-refractivity contribution >= 4 is 29.3 Å². The minimum absolute atomic E-state index is 0.0990. The molecule has 4 amide bonds. The summed E-state index contributed by atoms with van der Waals surface area (Å²) in [4.78, 5) is 54.4. The number of phenolic OH excluding ortho intramolecular Hbond substituents is 1. The molecular weight excluding hydrogens is 410 g/mol. The number of hydrogen-bond acceptors (Lipinski definition) is 5.